The summed E-state index contributed by atoms with van der Waals surface area (Å²) in [7, 11) is 0. The molecule has 2 aromatic heterocycles. The summed E-state index contributed by atoms with van der Waals surface area (Å²) >= 11 is 8.92. The van der Waals surface area contributed by atoms with Crippen molar-refractivity contribution in [1.29, 1.82) is 0 Å². The predicted octanol–water partition coefficient (Wildman–Crippen LogP) is 4.64. The van der Waals surface area contributed by atoms with Gasteiger partial charge in [0.25, 0.3) is 5.91 Å². The molecule has 1 aromatic carbocycles. The zero-order valence-corrected chi connectivity index (χ0v) is 18.4. The number of ether oxygens (including phenoxy) is 1. The Labute approximate surface area is 183 Å². The van der Waals surface area contributed by atoms with Crippen molar-refractivity contribution in [2.75, 3.05) is 32.8 Å². The molecule has 29 heavy (non-hydrogen) atoms. The van der Waals surface area contributed by atoms with Gasteiger partial charge in [0.05, 0.1) is 34.2 Å². The summed E-state index contributed by atoms with van der Waals surface area (Å²) in [5, 5.41) is 3.96. The van der Waals surface area contributed by atoms with Crippen LogP contribution in [0, 0.1) is 6.92 Å². The van der Waals surface area contributed by atoms with Crippen molar-refractivity contribution < 1.29 is 9.53 Å². The van der Waals surface area contributed by atoms with Gasteiger partial charge in [0.1, 0.15) is 9.88 Å². The molecule has 1 aliphatic rings. The van der Waals surface area contributed by atoms with Gasteiger partial charge in [0.2, 0.25) is 0 Å². The molecular weight excluding hydrogens is 426 g/mol. The minimum atomic E-state index is -0.0805. The molecule has 0 aliphatic carbocycles. The molecule has 4 rings (SSSR count). The number of thiophene rings is 1. The maximum atomic E-state index is 12.9. The van der Waals surface area contributed by atoms with Crippen LogP contribution in [0.25, 0.3) is 9.88 Å². The van der Waals surface area contributed by atoms with Gasteiger partial charge in [-0.25, -0.2) is 4.98 Å². The summed E-state index contributed by atoms with van der Waals surface area (Å²) in [5.41, 5.74) is 1.94. The van der Waals surface area contributed by atoms with E-state index in [4.69, 9.17) is 16.3 Å². The second kappa shape index (κ2) is 9.36. The number of thiazole rings is 1. The zero-order valence-electron chi connectivity index (χ0n) is 16.1. The molecule has 3 heterocycles. The Bertz CT molecular complexity index is 967. The SMILES string of the molecule is Cc1nc(-c2ccc(Cl)s2)sc1C(=O)NCC(c1ccccc1)N1CCOCC1. The van der Waals surface area contributed by atoms with Crippen LogP contribution in [0.1, 0.15) is 27.0 Å². The number of benzene rings is 1. The third-order valence-corrected chi connectivity index (χ3v) is 7.47. The minimum absolute atomic E-state index is 0.0805. The molecule has 0 radical (unpaired) electrons. The van der Waals surface area contributed by atoms with Gasteiger partial charge in [0.15, 0.2) is 0 Å². The van der Waals surface area contributed by atoms with Crippen LogP contribution in [0.15, 0.2) is 42.5 Å². The molecule has 1 aliphatic heterocycles. The zero-order chi connectivity index (χ0) is 20.2. The molecule has 0 bridgehead atoms. The highest BCUT2D eigenvalue weighted by Gasteiger charge is 2.24. The Kier molecular flexibility index (Phi) is 6.62. The minimum Gasteiger partial charge on any atom is -0.379 e. The van der Waals surface area contributed by atoms with Gasteiger partial charge in [-0.05, 0) is 24.6 Å². The van der Waals surface area contributed by atoms with E-state index < -0.39 is 0 Å². The summed E-state index contributed by atoms with van der Waals surface area (Å²) in [6, 6.07) is 14.2. The molecule has 1 N–H and O–H groups in total. The quantitative estimate of drug-likeness (QED) is 0.598. The lowest BCUT2D eigenvalue weighted by Gasteiger charge is -2.34. The summed E-state index contributed by atoms with van der Waals surface area (Å²) in [4.78, 5) is 21.5. The van der Waals surface area contributed by atoms with Crippen LogP contribution >= 0.6 is 34.3 Å². The van der Waals surface area contributed by atoms with Crippen LogP contribution in [0.5, 0.6) is 0 Å². The third kappa shape index (κ3) is 4.87. The van der Waals surface area contributed by atoms with Crippen LogP contribution < -0.4 is 5.32 Å². The molecule has 1 unspecified atom stereocenters. The summed E-state index contributed by atoms with van der Waals surface area (Å²) in [6.45, 7) is 5.58. The fourth-order valence-corrected chi connectivity index (χ4v) is 5.51. The van der Waals surface area contributed by atoms with E-state index in [0.29, 0.717) is 11.4 Å². The first-order valence-electron chi connectivity index (χ1n) is 9.50. The van der Waals surface area contributed by atoms with E-state index in [1.807, 2.05) is 37.3 Å². The lowest BCUT2D eigenvalue weighted by atomic mass is 10.0. The molecule has 1 atom stereocenters. The molecule has 1 fully saturated rings. The number of nitrogens with one attached hydrogen (secondary N) is 1. The Morgan fingerprint density at radius 2 is 1.97 bits per heavy atom. The van der Waals surface area contributed by atoms with Crippen molar-refractivity contribution in [3.63, 3.8) is 0 Å². The van der Waals surface area contributed by atoms with Crippen molar-refractivity contribution in [2.24, 2.45) is 0 Å². The monoisotopic (exact) mass is 447 g/mol. The highest BCUT2D eigenvalue weighted by Crippen LogP contribution is 2.35. The number of halogens is 1. The van der Waals surface area contributed by atoms with Crippen molar-refractivity contribution in [3.8, 4) is 9.88 Å². The molecule has 8 heteroatoms. The Morgan fingerprint density at radius 3 is 2.66 bits per heavy atom. The fourth-order valence-electron chi connectivity index (χ4n) is 3.43. The lowest BCUT2D eigenvalue weighted by molar-refractivity contribution is 0.0162. The number of hydrogen-bond donors (Lipinski definition) is 1. The van der Waals surface area contributed by atoms with Crippen LogP contribution in [0.3, 0.4) is 0 Å². The second-order valence-electron chi connectivity index (χ2n) is 6.82. The van der Waals surface area contributed by atoms with E-state index in [2.05, 4.69) is 27.3 Å². The number of morpholine rings is 1. The topological polar surface area (TPSA) is 54.5 Å². The van der Waals surface area contributed by atoms with Crippen LogP contribution in [-0.2, 0) is 4.74 Å². The van der Waals surface area contributed by atoms with E-state index in [9.17, 15) is 4.79 Å². The van der Waals surface area contributed by atoms with Gasteiger partial charge in [-0.15, -0.1) is 22.7 Å². The van der Waals surface area contributed by atoms with Crippen LogP contribution in [0.2, 0.25) is 4.34 Å². The standard InChI is InChI=1S/C21H22ClN3O2S2/c1-14-19(29-21(24-14)17-7-8-18(22)28-17)20(26)23-13-16(15-5-3-2-4-6-15)25-9-11-27-12-10-25/h2-8,16H,9-13H2,1H3,(H,23,26). The van der Waals surface area contributed by atoms with Crippen LogP contribution in [0.4, 0.5) is 0 Å². The molecule has 0 saturated carbocycles. The lowest BCUT2D eigenvalue weighted by Crippen LogP contribution is -2.43. The van der Waals surface area contributed by atoms with Crippen molar-refractivity contribution in [1.82, 2.24) is 15.2 Å². The number of carbonyl (C=O) groups excluding carboxylic acids is 1. The molecule has 152 valence electrons. The molecule has 1 saturated heterocycles. The number of rotatable bonds is 6. The fraction of sp³-hybridized carbons (Fsp3) is 0.333. The van der Waals surface area contributed by atoms with Crippen molar-refractivity contribution in [2.45, 2.75) is 13.0 Å². The van der Waals surface area contributed by atoms with Crippen molar-refractivity contribution in [3.05, 3.63) is 62.9 Å². The molecule has 1 amide bonds. The summed E-state index contributed by atoms with van der Waals surface area (Å²) in [5.74, 6) is -0.0805. The van der Waals surface area contributed by atoms with E-state index >= 15 is 0 Å². The van der Waals surface area contributed by atoms with Gasteiger partial charge >= 0.3 is 0 Å². The highest BCUT2D eigenvalue weighted by atomic mass is 35.5. The highest BCUT2D eigenvalue weighted by molar-refractivity contribution is 7.24. The number of nitrogens with zero attached hydrogens (tertiary/aromatic N) is 2. The average Bonchev–Trinajstić information content (AvgIpc) is 3.35. The number of aryl methyl sites for hydroxylation is 1. The van der Waals surface area contributed by atoms with Crippen molar-refractivity contribution >= 4 is 40.2 Å². The largest absolute Gasteiger partial charge is 0.379 e. The van der Waals surface area contributed by atoms with E-state index in [1.54, 1.807) is 0 Å². The third-order valence-electron chi connectivity index (χ3n) is 4.91. The normalized spacial score (nSPS) is 15.9. The first-order chi connectivity index (χ1) is 14.1. The van der Waals surface area contributed by atoms with Gasteiger partial charge in [-0.1, -0.05) is 41.9 Å². The maximum Gasteiger partial charge on any atom is 0.263 e. The first-order valence-corrected chi connectivity index (χ1v) is 11.5. The Hall–Kier alpha value is -1.77. The smallest absolute Gasteiger partial charge is 0.263 e. The Morgan fingerprint density at radius 1 is 1.21 bits per heavy atom. The van der Waals surface area contributed by atoms with Gasteiger partial charge in [-0.2, -0.15) is 0 Å². The maximum absolute atomic E-state index is 12.9. The number of aromatic nitrogens is 1. The number of amides is 1. The molecule has 0 spiro atoms. The van der Waals surface area contributed by atoms with Gasteiger partial charge in [0, 0.05) is 19.6 Å². The van der Waals surface area contributed by atoms with E-state index in [0.717, 1.165) is 46.2 Å². The van der Waals surface area contributed by atoms with Gasteiger partial charge < -0.3 is 10.1 Å². The van der Waals surface area contributed by atoms with Gasteiger partial charge in [-0.3, -0.25) is 9.69 Å². The average molecular weight is 448 g/mol. The predicted molar refractivity (Wildman–Crippen MR) is 119 cm³/mol. The summed E-state index contributed by atoms with van der Waals surface area (Å²) < 4.78 is 6.22. The second-order valence-corrected chi connectivity index (χ2v) is 9.54. The van der Waals surface area contributed by atoms with Crippen LogP contribution in [-0.4, -0.2) is 48.6 Å². The first kappa shape index (κ1) is 20.5. The molecule has 5 nitrogen and oxygen atoms in total. The van der Waals surface area contributed by atoms with E-state index in [1.165, 1.54) is 28.2 Å². The number of carbonyl (C=O) groups is 1. The Balaban J connectivity index is 1.49. The molecule has 3 aromatic rings. The number of hydrogen-bond acceptors (Lipinski definition) is 6. The summed E-state index contributed by atoms with van der Waals surface area (Å²) in [6.07, 6.45) is 0. The van der Waals surface area contributed by atoms with E-state index in [-0.39, 0.29) is 11.9 Å². The molecular formula is C21H22ClN3O2S2.